The normalized spacial score (nSPS) is 25.6. The highest BCUT2D eigenvalue weighted by molar-refractivity contribution is 5.79. The van der Waals surface area contributed by atoms with Crippen molar-refractivity contribution >= 4 is 5.91 Å². The third kappa shape index (κ3) is 3.85. The van der Waals surface area contributed by atoms with E-state index in [1.54, 1.807) is 7.11 Å². The van der Waals surface area contributed by atoms with Crippen LogP contribution in [0.2, 0.25) is 0 Å². The van der Waals surface area contributed by atoms with Crippen LogP contribution in [0.15, 0.2) is 24.3 Å². The molecule has 3 rings (SSSR count). The van der Waals surface area contributed by atoms with Gasteiger partial charge in [0.2, 0.25) is 5.91 Å². The van der Waals surface area contributed by atoms with Crippen molar-refractivity contribution < 1.29 is 14.3 Å². The summed E-state index contributed by atoms with van der Waals surface area (Å²) in [6.45, 7) is 5.01. The molecule has 1 spiro atoms. The predicted octanol–water partition coefficient (Wildman–Crippen LogP) is 1.42. The first-order chi connectivity index (χ1) is 11.1. The van der Waals surface area contributed by atoms with Crippen molar-refractivity contribution in [1.29, 1.82) is 0 Å². The Labute approximate surface area is 138 Å². The Hall–Kier alpha value is -1.59. The number of carbonyl (C=O) groups excluding carboxylic acids is 1. The molecule has 5 nitrogen and oxygen atoms in total. The second-order valence-electron chi connectivity index (χ2n) is 6.88. The Balaban J connectivity index is 1.65. The summed E-state index contributed by atoms with van der Waals surface area (Å²) in [6.07, 6.45) is 1.55. The van der Waals surface area contributed by atoms with Gasteiger partial charge in [0.05, 0.1) is 26.7 Å². The van der Waals surface area contributed by atoms with Crippen molar-refractivity contribution in [2.24, 2.45) is 5.41 Å². The van der Waals surface area contributed by atoms with Crippen LogP contribution in [0.4, 0.5) is 0 Å². The summed E-state index contributed by atoms with van der Waals surface area (Å²) in [5.41, 5.74) is 1.14. The number of carbonyl (C=O) groups is 1. The first kappa shape index (κ1) is 16.3. The molecule has 1 amide bonds. The van der Waals surface area contributed by atoms with Crippen LogP contribution in [0.25, 0.3) is 0 Å². The smallest absolute Gasteiger partial charge is 0.227 e. The highest BCUT2D eigenvalue weighted by atomic mass is 16.5. The van der Waals surface area contributed by atoms with Crippen LogP contribution in [0.3, 0.4) is 0 Å². The lowest BCUT2D eigenvalue weighted by Crippen LogP contribution is -2.43. The summed E-state index contributed by atoms with van der Waals surface area (Å²) in [4.78, 5) is 17.1. The molecule has 1 atom stereocenters. The molecule has 126 valence electrons. The number of methoxy groups -OCH3 is 1. The Morgan fingerprint density at radius 1 is 1.26 bits per heavy atom. The molecular weight excluding hydrogens is 292 g/mol. The highest BCUT2D eigenvalue weighted by Crippen LogP contribution is 2.32. The van der Waals surface area contributed by atoms with E-state index in [9.17, 15) is 4.79 Å². The maximum Gasteiger partial charge on any atom is 0.227 e. The minimum absolute atomic E-state index is 0.112. The summed E-state index contributed by atoms with van der Waals surface area (Å²) in [5, 5.41) is 0. The molecule has 0 radical (unpaired) electrons. The Bertz CT molecular complexity index is 546. The minimum Gasteiger partial charge on any atom is -0.497 e. The Kier molecular flexibility index (Phi) is 4.87. The quantitative estimate of drug-likeness (QED) is 0.845. The summed E-state index contributed by atoms with van der Waals surface area (Å²) in [6, 6.07) is 7.73. The van der Waals surface area contributed by atoms with E-state index >= 15 is 0 Å². The predicted molar refractivity (Wildman–Crippen MR) is 88.6 cm³/mol. The number of hydrogen-bond donors (Lipinski definition) is 0. The zero-order valence-corrected chi connectivity index (χ0v) is 14.1. The number of ether oxygens (including phenoxy) is 2. The second-order valence-corrected chi connectivity index (χ2v) is 6.88. The fraction of sp³-hybridized carbons (Fsp3) is 0.611. The van der Waals surface area contributed by atoms with Crippen LogP contribution in [-0.4, -0.2) is 69.3 Å². The van der Waals surface area contributed by atoms with Gasteiger partial charge >= 0.3 is 0 Å². The maximum absolute atomic E-state index is 12.7. The lowest BCUT2D eigenvalue weighted by molar-refractivity contribution is -0.131. The fourth-order valence-electron chi connectivity index (χ4n) is 3.64. The highest BCUT2D eigenvalue weighted by Gasteiger charge is 2.40. The van der Waals surface area contributed by atoms with Crippen molar-refractivity contribution in [2.75, 3.05) is 53.6 Å². The molecule has 0 N–H and O–H groups in total. The van der Waals surface area contributed by atoms with Crippen molar-refractivity contribution in [2.45, 2.75) is 12.8 Å². The lowest BCUT2D eigenvalue weighted by Gasteiger charge is -2.31. The van der Waals surface area contributed by atoms with Gasteiger partial charge in [0.15, 0.2) is 0 Å². The van der Waals surface area contributed by atoms with Crippen molar-refractivity contribution in [1.82, 2.24) is 9.80 Å². The summed E-state index contributed by atoms with van der Waals surface area (Å²) < 4.78 is 11.0. The molecule has 2 aliphatic rings. The lowest BCUT2D eigenvalue weighted by atomic mass is 9.87. The van der Waals surface area contributed by atoms with E-state index in [1.807, 2.05) is 29.2 Å². The molecule has 2 fully saturated rings. The van der Waals surface area contributed by atoms with Crippen LogP contribution >= 0.6 is 0 Å². The van der Waals surface area contributed by atoms with Gasteiger partial charge in [-0.25, -0.2) is 0 Å². The molecule has 0 unspecified atom stereocenters. The Morgan fingerprint density at radius 2 is 2.04 bits per heavy atom. The summed E-state index contributed by atoms with van der Waals surface area (Å²) in [5.74, 6) is 1.01. The van der Waals surface area contributed by atoms with Gasteiger partial charge in [-0.05, 0) is 37.7 Å². The monoisotopic (exact) mass is 318 g/mol. The molecule has 0 aliphatic carbocycles. The van der Waals surface area contributed by atoms with Crippen LogP contribution < -0.4 is 4.74 Å². The van der Waals surface area contributed by atoms with Crippen molar-refractivity contribution in [3.05, 3.63) is 29.8 Å². The third-order valence-corrected chi connectivity index (χ3v) is 4.94. The van der Waals surface area contributed by atoms with Gasteiger partial charge in [-0.1, -0.05) is 12.1 Å². The van der Waals surface area contributed by atoms with Crippen LogP contribution in [-0.2, 0) is 16.0 Å². The van der Waals surface area contributed by atoms with Gasteiger partial charge < -0.3 is 19.3 Å². The van der Waals surface area contributed by atoms with Gasteiger partial charge in [0.1, 0.15) is 5.75 Å². The standard InChI is InChI=1S/C18H26N2O3/c1-19-8-7-18(12-19)13-20(9-10-23-14-18)17(21)11-15-3-5-16(22-2)6-4-15/h3-6H,7-14H2,1-2H3/t18-/m0/s1. The average Bonchev–Trinajstić information content (AvgIpc) is 2.79. The zero-order chi connectivity index (χ0) is 16.3. The van der Waals surface area contributed by atoms with Gasteiger partial charge in [0.25, 0.3) is 0 Å². The number of likely N-dealkylation sites (tertiary alicyclic amines) is 1. The second kappa shape index (κ2) is 6.89. The molecule has 2 saturated heterocycles. The maximum atomic E-state index is 12.7. The molecule has 1 aromatic rings. The molecular formula is C18H26N2O3. The largest absolute Gasteiger partial charge is 0.497 e. The van der Waals surface area contributed by atoms with E-state index in [-0.39, 0.29) is 11.3 Å². The van der Waals surface area contributed by atoms with E-state index in [0.29, 0.717) is 19.6 Å². The van der Waals surface area contributed by atoms with Crippen molar-refractivity contribution in [3.8, 4) is 5.75 Å². The van der Waals surface area contributed by atoms with Crippen LogP contribution in [0.1, 0.15) is 12.0 Å². The van der Waals surface area contributed by atoms with Gasteiger partial charge in [-0.15, -0.1) is 0 Å². The van der Waals surface area contributed by atoms with E-state index < -0.39 is 0 Å². The number of hydrogen-bond acceptors (Lipinski definition) is 4. The first-order valence-electron chi connectivity index (χ1n) is 8.27. The fourth-order valence-corrected chi connectivity index (χ4v) is 3.64. The average molecular weight is 318 g/mol. The number of nitrogens with zero attached hydrogens (tertiary/aromatic N) is 2. The number of benzene rings is 1. The molecule has 23 heavy (non-hydrogen) atoms. The Morgan fingerprint density at radius 3 is 2.70 bits per heavy atom. The molecule has 0 bridgehead atoms. The molecule has 0 saturated carbocycles. The van der Waals surface area contributed by atoms with E-state index in [0.717, 1.165) is 44.0 Å². The molecule has 5 heteroatoms. The third-order valence-electron chi connectivity index (χ3n) is 4.94. The van der Waals surface area contributed by atoms with Gasteiger partial charge in [-0.2, -0.15) is 0 Å². The van der Waals surface area contributed by atoms with Gasteiger partial charge in [0, 0.05) is 25.0 Å². The van der Waals surface area contributed by atoms with E-state index in [1.165, 1.54) is 0 Å². The topological polar surface area (TPSA) is 42.0 Å². The van der Waals surface area contributed by atoms with E-state index in [4.69, 9.17) is 9.47 Å². The molecule has 1 aromatic carbocycles. The molecule has 2 heterocycles. The van der Waals surface area contributed by atoms with Crippen molar-refractivity contribution in [3.63, 3.8) is 0 Å². The minimum atomic E-state index is 0.112. The van der Waals surface area contributed by atoms with Crippen LogP contribution in [0.5, 0.6) is 5.75 Å². The zero-order valence-electron chi connectivity index (χ0n) is 14.1. The molecule has 2 aliphatic heterocycles. The number of amides is 1. The molecule has 0 aromatic heterocycles. The van der Waals surface area contributed by atoms with Crippen LogP contribution in [0, 0.1) is 5.41 Å². The van der Waals surface area contributed by atoms with E-state index in [2.05, 4.69) is 11.9 Å². The van der Waals surface area contributed by atoms with Gasteiger partial charge in [-0.3, -0.25) is 4.79 Å². The summed E-state index contributed by atoms with van der Waals surface area (Å²) >= 11 is 0. The first-order valence-corrected chi connectivity index (χ1v) is 8.27. The summed E-state index contributed by atoms with van der Waals surface area (Å²) in [7, 11) is 3.79. The SMILES string of the molecule is COc1ccc(CC(=O)N2CCOC[C@]3(CCN(C)C3)C2)cc1. The number of rotatable bonds is 3.